The molecule has 1 N–H and O–H groups in total. The quantitative estimate of drug-likeness (QED) is 0.669. The van der Waals surface area contributed by atoms with Gasteiger partial charge in [0, 0.05) is 6.20 Å². The van der Waals surface area contributed by atoms with Gasteiger partial charge in [-0.25, -0.2) is 9.78 Å². The summed E-state index contributed by atoms with van der Waals surface area (Å²) in [4.78, 5) is 17.9. The molecule has 1 radical (unpaired) electrons. The highest BCUT2D eigenvalue weighted by atomic mass is 16.6. The Morgan fingerprint density at radius 3 is 2.62 bits per heavy atom. The smallest absolute Gasteiger partial charge is 0.374 e. The standard InChI is InChI=1S/C9H13N2O2/c1-6-5-10-7(11-6)8(12)13-9(2,3)4/h5H,1H2,2-4H3,(H,10,11). The second kappa shape index (κ2) is 3.20. The minimum Gasteiger partial charge on any atom is -0.454 e. The molecular formula is C9H13N2O2. The molecule has 1 aromatic rings. The first-order valence-corrected chi connectivity index (χ1v) is 3.99. The lowest BCUT2D eigenvalue weighted by Gasteiger charge is -2.18. The highest BCUT2D eigenvalue weighted by Crippen LogP contribution is 2.09. The van der Waals surface area contributed by atoms with Crippen molar-refractivity contribution >= 4 is 5.97 Å². The first-order valence-electron chi connectivity index (χ1n) is 3.99. The molecule has 13 heavy (non-hydrogen) atoms. The lowest BCUT2D eigenvalue weighted by molar-refractivity contribution is 0.00567. The monoisotopic (exact) mass is 181 g/mol. The van der Waals surface area contributed by atoms with Gasteiger partial charge in [0.15, 0.2) is 0 Å². The van der Waals surface area contributed by atoms with E-state index < -0.39 is 11.6 Å². The molecular weight excluding hydrogens is 168 g/mol. The van der Waals surface area contributed by atoms with E-state index in [2.05, 4.69) is 16.9 Å². The van der Waals surface area contributed by atoms with Gasteiger partial charge in [0.05, 0.1) is 5.69 Å². The number of aromatic nitrogens is 2. The zero-order valence-electron chi connectivity index (χ0n) is 8.05. The van der Waals surface area contributed by atoms with Gasteiger partial charge in [-0.15, -0.1) is 0 Å². The lowest BCUT2D eigenvalue weighted by atomic mass is 10.2. The van der Waals surface area contributed by atoms with Crippen LogP contribution in [0.4, 0.5) is 0 Å². The minimum atomic E-state index is -0.495. The molecule has 0 aliphatic rings. The van der Waals surface area contributed by atoms with Gasteiger partial charge in [-0.3, -0.25) is 0 Å². The summed E-state index contributed by atoms with van der Waals surface area (Å²) >= 11 is 0. The molecule has 0 aromatic carbocycles. The van der Waals surface area contributed by atoms with E-state index in [9.17, 15) is 4.79 Å². The fraction of sp³-hybridized carbons (Fsp3) is 0.444. The highest BCUT2D eigenvalue weighted by Gasteiger charge is 2.19. The molecule has 1 aromatic heterocycles. The number of hydrogen-bond acceptors (Lipinski definition) is 3. The third-order valence-electron chi connectivity index (χ3n) is 1.22. The second-order valence-corrected chi connectivity index (χ2v) is 3.74. The number of rotatable bonds is 1. The van der Waals surface area contributed by atoms with Crippen molar-refractivity contribution in [1.82, 2.24) is 9.97 Å². The van der Waals surface area contributed by atoms with Crippen LogP contribution in [0.2, 0.25) is 0 Å². The number of imidazole rings is 1. The highest BCUT2D eigenvalue weighted by molar-refractivity contribution is 5.85. The summed E-state index contributed by atoms with van der Waals surface area (Å²) in [6, 6.07) is 0. The number of carbonyl (C=O) groups is 1. The Morgan fingerprint density at radius 1 is 1.62 bits per heavy atom. The molecule has 0 atom stereocenters. The Hall–Kier alpha value is -1.32. The summed E-state index contributed by atoms with van der Waals surface area (Å²) in [6.45, 7) is 8.98. The molecule has 0 aliphatic heterocycles. The summed E-state index contributed by atoms with van der Waals surface area (Å²) in [5.41, 5.74) is 0.0337. The Morgan fingerprint density at radius 2 is 2.23 bits per heavy atom. The fourth-order valence-electron chi connectivity index (χ4n) is 0.791. The van der Waals surface area contributed by atoms with Gasteiger partial charge in [0.1, 0.15) is 5.60 Å². The molecule has 0 bridgehead atoms. The Kier molecular flexibility index (Phi) is 2.40. The van der Waals surface area contributed by atoms with Crippen LogP contribution >= 0.6 is 0 Å². The first-order chi connectivity index (χ1) is 5.88. The summed E-state index contributed by atoms with van der Waals surface area (Å²) < 4.78 is 5.08. The van der Waals surface area contributed by atoms with Crippen molar-refractivity contribution in [3.8, 4) is 0 Å². The molecule has 4 heteroatoms. The minimum absolute atomic E-state index is 0.194. The number of hydrogen-bond donors (Lipinski definition) is 1. The number of aromatic amines is 1. The molecule has 0 saturated carbocycles. The fourth-order valence-corrected chi connectivity index (χ4v) is 0.791. The van der Waals surface area contributed by atoms with E-state index in [0.29, 0.717) is 5.69 Å². The van der Waals surface area contributed by atoms with Gasteiger partial charge in [-0.1, -0.05) is 0 Å². The van der Waals surface area contributed by atoms with Crippen LogP contribution in [0.25, 0.3) is 0 Å². The zero-order valence-corrected chi connectivity index (χ0v) is 8.05. The van der Waals surface area contributed by atoms with Gasteiger partial charge in [0.25, 0.3) is 0 Å². The maximum absolute atomic E-state index is 11.3. The van der Waals surface area contributed by atoms with Crippen molar-refractivity contribution in [1.29, 1.82) is 0 Å². The van der Waals surface area contributed by atoms with Crippen LogP contribution in [0.1, 0.15) is 37.1 Å². The van der Waals surface area contributed by atoms with Crippen LogP contribution in [0.15, 0.2) is 6.20 Å². The van der Waals surface area contributed by atoms with E-state index in [-0.39, 0.29) is 5.82 Å². The summed E-state index contributed by atoms with van der Waals surface area (Å²) in [6.07, 6.45) is 1.55. The van der Waals surface area contributed by atoms with E-state index >= 15 is 0 Å². The molecule has 0 amide bonds. The van der Waals surface area contributed by atoms with Crippen molar-refractivity contribution < 1.29 is 9.53 Å². The third-order valence-corrected chi connectivity index (χ3v) is 1.22. The van der Waals surface area contributed by atoms with E-state index in [1.807, 2.05) is 0 Å². The number of ether oxygens (including phenoxy) is 1. The second-order valence-electron chi connectivity index (χ2n) is 3.74. The Labute approximate surface area is 77.3 Å². The molecule has 0 spiro atoms. The van der Waals surface area contributed by atoms with Crippen LogP contribution in [-0.4, -0.2) is 21.5 Å². The van der Waals surface area contributed by atoms with Gasteiger partial charge >= 0.3 is 5.97 Å². The molecule has 71 valence electrons. The molecule has 1 rings (SSSR count). The Balaban J connectivity index is 2.70. The van der Waals surface area contributed by atoms with Gasteiger partial charge in [-0.2, -0.15) is 0 Å². The van der Waals surface area contributed by atoms with Crippen molar-refractivity contribution in [2.75, 3.05) is 0 Å². The number of nitrogens with zero attached hydrogens (tertiary/aromatic N) is 1. The molecule has 0 aliphatic carbocycles. The van der Waals surface area contributed by atoms with Crippen molar-refractivity contribution in [2.24, 2.45) is 0 Å². The molecule has 0 unspecified atom stereocenters. The van der Waals surface area contributed by atoms with Crippen LogP contribution < -0.4 is 0 Å². The van der Waals surface area contributed by atoms with Crippen molar-refractivity contribution in [2.45, 2.75) is 26.4 Å². The molecule has 0 fully saturated rings. The summed E-state index contributed by atoms with van der Waals surface area (Å²) in [5, 5.41) is 0. The van der Waals surface area contributed by atoms with Crippen LogP contribution in [-0.2, 0) is 4.74 Å². The third kappa shape index (κ3) is 2.89. The van der Waals surface area contributed by atoms with Gasteiger partial charge in [-0.05, 0) is 27.7 Å². The normalized spacial score (nSPS) is 11.4. The average molecular weight is 181 g/mol. The van der Waals surface area contributed by atoms with Crippen LogP contribution in [0, 0.1) is 6.92 Å². The number of carbonyl (C=O) groups excluding carboxylic acids is 1. The SMILES string of the molecule is [CH2]c1c[nH]c(C(=O)OC(C)(C)C)n1. The summed E-state index contributed by atoms with van der Waals surface area (Å²) in [5.74, 6) is -0.262. The van der Waals surface area contributed by atoms with E-state index in [1.54, 1.807) is 27.0 Å². The van der Waals surface area contributed by atoms with Gasteiger partial charge in [0.2, 0.25) is 5.82 Å². The van der Waals surface area contributed by atoms with E-state index in [4.69, 9.17) is 4.74 Å². The lowest BCUT2D eigenvalue weighted by Crippen LogP contribution is -2.24. The van der Waals surface area contributed by atoms with Crippen molar-refractivity contribution in [3.05, 3.63) is 24.6 Å². The van der Waals surface area contributed by atoms with E-state index in [0.717, 1.165) is 0 Å². The number of nitrogens with one attached hydrogen (secondary N) is 1. The van der Waals surface area contributed by atoms with Crippen molar-refractivity contribution in [3.63, 3.8) is 0 Å². The number of esters is 1. The topological polar surface area (TPSA) is 55.0 Å². The maximum Gasteiger partial charge on any atom is 0.374 e. The zero-order chi connectivity index (χ0) is 10.1. The average Bonchev–Trinajstić information content (AvgIpc) is 2.31. The molecule has 1 heterocycles. The summed E-state index contributed by atoms with van der Waals surface area (Å²) in [7, 11) is 0. The molecule has 0 saturated heterocycles. The van der Waals surface area contributed by atoms with Gasteiger partial charge < -0.3 is 9.72 Å². The van der Waals surface area contributed by atoms with E-state index in [1.165, 1.54) is 0 Å². The molecule has 4 nitrogen and oxygen atoms in total. The predicted octanol–water partition coefficient (Wildman–Crippen LogP) is 1.55. The largest absolute Gasteiger partial charge is 0.454 e. The first kappa shape index (κ1) is 9.77. The predicted molar refractivity (Wildman–Crippen MR) is 48.2 cm³/mol. The van der Waals surface area contributed by atoms with Crippen LogP contribution in [0.3, 0.4) is 0 Å². The maximum atomic E-state index is 11.3. The number of H-pyrrole nitrogens is 1. The Bertz CT molecular complexity index is 310. The van der Waals surface area contributed by atoms with Crippen LogP contribution in [0.5, 0.6) is 0 Å².